The molecule has 1 aromatic heterocycles. The Morgan fingerprint density at radius 1 is 1.00 bits per heavy atom. The smallest absolute Gasteiger partial charge is 0.242 e. The molecule has 7 heteroatoms. The molecule has 2 aromatic carbocycles. The van der Waals surface area contributed by atoms with Crippen LogP contribution in [0.15, 0.2) is 54.6 Å². The largest absolute Gasteiger partial charge is 0.345 e. The van der Waals surface area contributed by atoms with Gasteiger partial charge in [-0.05, 0) is 38.5 Å². The third kappa shape index (κ3) is 4.80. The highest BCUT2D eigenvalue weighted by molar-refractivity contribution is 5.85. The molecular weight excluding hydrogens is 383 g/mol. The molecule has 3 aromatic rings. The highest BCUT2D eigenvalue weighted by Crippen LogP contribution is 2.25. The number of imidazole rings is 1. The Hall–Kier alpha value is -2.08. The predicted octanol–water partition coefficient (Wildman–Crippen LogP) is 4.34. The molecule has 0 aliphatic carbocycles. The Balaban J connectivity index is 0.00000182. The van der Waals surface area contributed by atoms with Gasteiger partial charge in [-0.25, -0.2) is 4.98 Å². The molecule has 146 valence electrons. The molecule has 0 fully saturated rings. The van der Waals surface area contributed by atoms with Crippen molar-refractivity contribution in [2.75, 3.05) is 0 Å². The molecule has 2 atom stereocenters. The summed E-state index contributed by atoms with van der Waals surface area (Å²) < 4.78 is 2.16. The van der Waals surface area contributed by atoms with Gasteiger partial charge in [0.2, 0.25) is 5.91 Å². The zero-order valence-corrected chi connectivity index (χ0v) is 17.3. The van der Waals surface area contributed by atoms with Crippen molar-refractivity contribution in [3.8, 4) is 0 Å². The lowest BCUT2D eigenvalue weighted by Crippen LogP contribution is -2.36. The van der Waals surface area contributed by atoms with Gasteiger partial charge in [0, 0.05) is 6.04 Å². The maximum absolute atomic E-state index is 12.6. The van der Waals surface area contributed by atoms with Crippen LogP contribution in [0.4, 0.5) is 0 Å². The molecule has 0 bridgehead atoms. The van der Waals surface area contributed by atoms with Crippen LogP contribution in [0.5, 0.6) is 0 Å². The van der Waals surface area contributed by atoms with Crippen LogP contribution >= 0.6 is 24.8 Å². The second kappa shape index (κ2) is 9.74. The number of carbonyl (C=O) groups excluding carboxylic acids is 1. The van der Waals surface area contributed by atoms with Crippen molar-refractivity contribution in [2.24, 2.45) is 5.73 Å². The maximum Gasteiger partial charge on any atom is 0.242 e. The fourth-order valence-corrected chi connectivity index (χ4v) is 3.09. The van der Waals surface area contributed by atoms with E-state index in [1.54, 1.807) is 0 Å². The molecule has 0 radical (unpaired) electrons. The summed E-state index contributed by atoms with van der Waals surface area (Å²) in [7, 11) is 0. The van der Waals surface area contributed by atoms with E-state index in [0.29, 0.717) is 0 Å². The number of halogens is 2. The van der Waals surface area contributed by atoms with Crippen molar-refractivity contribution in [2.45, 2.75) is 38.9 Å². The normalized spacial score (nSPS) is 12.8. The summed E-state index contributed by atoms with van der Waals surface area (Å²) in [6.45, 7) is 6.17. The molecule has 3 rings (SSSR count). The Kier molecular flexibility index (Phi) is 8.28. The fraction of sp³-hybridized carbons (Fsp3) is 0.300. The van der Waals surface area contributed by atoms with E-state index in [1.165, 1.54) is 0 Å². The first-order valence-corrected chi connectivity index (χ1v) is 8.56. The Morgan fingerprint density at radius 3 is 2.22 bits per heavy atom. The minimum absolute atomic E-state index is 0. The molecule has 1 amide bonds. The molecule has 0 saturated heterocycles. The molecule has 2 unspecified atom stereocenters. The van der Waals surface area contributed by atoms with Crippen LogP contribution in [-0.4, -0.2) is 15.5 Å². The lowest BCUT2D eigenvalue weighted by Gasteiger charge is -2.20. The van der Waals surface area contributed by atoms with E-state index < -0.39 is 6.04 Å². The van der Waals surface area contributed by atoms with Crippen molar-refractivity contribution in [3.63, 3.8) is 0 Å². The van der Waals surface area contributed by atoms with Gasteiger partial charge >= 0.3 is 0 Å². The van der Waals surface area contributed by atoms with Crippen LogP contribution in [0.3, 0.4) is 0 Å². The van der Waals surface area contributed by atoms with E-state index in [0.717, 1.165) is 22.4 Å². The zero-order chi connectivity index (χ0) is 18.0. The van der Waals surface area contributed by atoms with Crippen LogP contribution in [-0.2, 0) is 4.79 Å². The van der Waals surface area contributed by atoms with Gasteiger partial charge in [0.15, 0.2) is 0 Å². The predicted molar refractivity (Wildman–Crippen MR) is 115 cm³/mol. The lowest BCUT2D eigenvalue weighted by molar-refractivity contribution is -0.123. The SMILES string of the molecule is CC(NC(=O)C(N)c1ccccc1)c1nc2ccccc2n1C(C)C.Cl.Cl. The third-order valence-corrected chi connectivity index (χ3v) is 4.33. The number of nitrogens with two attached hydrogens (primary N) is 1. The molecule has 3 N–H and O–H groups in total. The van der Waals surface area contributed by atoms with Crippen molar-refractivity contribution >= 4 is 41.8 Å². The molecule has 1 heterocycles. The molecule has 0 saturated carbocycles. The zero-order valence-electron chi connectivity index (χ0n) is 15.6. The summed E-state index contributed by atoms with van der Waals surface area (Å²) in [4.78, 5) is 17.3. The molecule has 5 nitrogen and oxygen atoms in total. The quantitative estimate of drug-likeness (QED) is 0.659. The monoisotopic (exact) mass is 408 g/mol. The summed E-state index contributed by atoms with van der Waals surface area (Å²) in [5.41, 5.74) is 8.90. The number of nitrogens with zero attached hydrogens (tertiary/aromatic N) is 2. The van der Waals surface area contributed by atoms with Gasteiger partial charge in [-0.1, -0.05) is 42.5 Å². The lowest BCUT2D eigenvalue weighted by atomic mass is 10.1. The first kappa shape index (κ1) is 23.0. The Bertz CT molecular complexity index is 880. The maximum atomic E-state index is 12.6. The third-order valence-electron chi connectivity index (χ3n) is 4.33. The van der Waals surface area contributed by atoms with Crippen molar-refractivity contribution in [3.05, 3.63) is 66.0 Å². The highest BCUT2D eigenvalue weighted by Gasteiger charge is 2.23. The second-order valence-electron chi connectivity index (χ2n) is 6.54. The molecular formula is C20H26Cl2N4O. The van der Waals surface area contributed by atoms with Crippen LogP contribution in [0, 0.1) is 0 Å². The van der Waals surface area contributed by atoms with Gasteiger partial charge in [0.05, 0.1) is 17.1 Å². The number of benzene rings is 2. The van der Waals surface area contributed by atoms with E-state index in [9.17, 15) is 4.79 Å². The minimum Gasteiger partial charge on any atom is -0.345 e. The van der Waals surface area contributed by atoms with Gasteiger partial charge in [0.1, 0.15) is 11.9 Å². The average Bonchev–Trinajstić information content (AvgIpc) is 3.01. The van der Waals surface area contributed by atoms with Crippen LogP contribution < -0.4 is 11.1 Å². The van der Waals surface area contributed by atoms with Gasteiger partial charge in [-0.2, -0.15) is 0 Å². The van der Waals surface area contributed by atoms with Crippen molar-refractivity contribution in [1.82, 2.24) is 14.9 Å². The number of aromatic nitrogens is 2. The topological polar surface area (TPSA) is 72.9 Å². The number of hydrogen-bond donors (Lipinski definition) is 2. The first-order valence-electron chi connectivity index (χ1n) is 8.56. The molecule has 0 spiro atoms. The standard InChI is InChI=1S/C20H24N4O.2ClH/c1-13(2)24-17-12-8-7-11-16(17)23-19(24)14(3)22-20(25)18(21)15-9-5-4-6-10-15;;/h4-14,18H,21H2,1-3H3,(H,22,25);2*1H. The second-order valence-corrected chi connectivity index (χ2v) is 6.54. The van der Waals surface area contributed by atoms with E-state index in [2.05, 4.69) is 29.8 Å². The first-order chi connectivity index (χ1) is 12.0. The van der Waals surface area contributed by atoms with E-state index in [1.807, 2.05) is 55.5 Å². The van der Waals surface area contributed by atoms with Crippen LogP contribution in [0.2, 0.25) is 0 Å². The number of para-hydroxylation sites is 2. The summed E-state index contributed by atoms with van der Waals surface area (Å²) in [6.07, 6.45) is 0. The van der Waals surface area contributed by atoms with Gasteiger partial charge in [0.25, 0.3) is 0 Å². The summed E-state index contributed by atoms with van der Waals surface area (Å²) >= 11 is 0. The number of nitrogens with one attached hydrogen (secondary N) is 1. The van der Waals surface area contributed by atoms with Gasteiger partial charge in [-0.3, -0.25) is 4.79 Å². The molecule has 27 heavy (non-hydrogen) atoms. The Morgan fingerprint density at radius 2 is 1.59 bits per heavy atom. The minimum atomic E-state index is -0.694. The van der Waals surface area contributed by atoms with E-state index in [4.69, 9.17) is 10.7 Å². The number of carbonyl (C=O) groups is 1. The summed E-state index contributed by atoms with van der Waals surface area (Å²) in [5, 5.41) is 3.00. The van der Waals surface area contributed by atoms with Gasteiger partial charge < -0.3 is 15.6 Å². The summed E-state index contributed by atoms with van der Waals surface area (Å²) in [6, 6.07) is 16.7. The Labute approximate surface area is 172 Å². The van der Waals surface area contributed by atoms with E-state index >= 15 is 0 Å². The van der Waals surface area contributed by atoms with Crippen LogP contribution in [0.1, 0.15) is 50.3 Å². The highest BCUT2D eigenvalue weighted by atomic mass is 35.5. The van der Waals surface area contributed by atoms with Crippen molar-refractivity contribution in [1.29, 1.82) is 0 Å². The number of hydrogen-bond acceptors (Lipinski definition) is 3. The number of rotatable bonds is 5. The van der Waals surface area contributed by atoms with Crippen molar-refractivity contribution < 1.29 is 4.79 Å². The van der Waals surface area contributed by atoms with Crippen LogP contribution in [0.25, 0.3) is 11.0 Å². The molecule has 0 aliphatic heterocycles. The van der Waals surface area contributed by atoms with E-state index in [-0.39, 0.29) is 42.8 Å². The average molecular weight is 409 g/mol. The fourth-order valence-electron chi connectivity index (χ4n) is 3.09. The number of amides is 1. The molecule has 0 aliphatic rings. The van der Waals surface area contributed by atoms with Gasteiger partial charge in [-0.15, -0.1) is 24.8 Å². The number of fused-ring (bicyclic) bond motifs is 1. The summed E-state index contributed by atoms with van der Waals surface area (Å²) in [5.74, 6) is 0.630.